The Hall–Kier alpha value is -2.95. The lowest BCUT2D eigenvalue weighted by Crippen LogP contribution is -2.44. The third kappa shape index (κ3) is 3.53. The van der Waals surface area contributed by atoms with Gasteiger partial charge in [-0.05, 0) is 25.0 Å². The largest absolute Gasteiger partial charge is 0.441 e. The van der Waals surface area contributed by atoms with Crippen LogP contribution in [0.25, 0.3) is 11.4 Å². The van der Waals surface area contributed by atoms with Crippen molar-refractivity contribution in [3.05, 3.63) is 29.6 Å². The molecule has 0 unspecified atom stereocenters. The average molecular weight is 420 g/mol. The molecular formula is C19H19F3N6O2. The first-order chi connectivity index (χ1) is 14.4. The molecule has 1 saturated carbocycles. The van der Waals surface area contributed by atoms with E-state index in [0.29, 0.717) is 31.7 Å². The Morgan fingerprint density at radius 1 is 1.13 bits per heavy atom. The first-order valence-corrected chi connectivity index (χ1v) is 9.78. The SMILES string of the molecule is O=C1Nc2ncnc(-c3cc(C(F)(F)F)cc(N4CCNCC4)n3)c2[C@H](C2CC2)O1. The molecule has 2 aliphatic heterocycles. The highest BCUT2D eigenvalue weighted by Crippen LogP contribution is 2.49. The van der Waals surface area contributed by atoms with Crippen LogP contribution in [0.2, 0.25) is 0 Å². The van der Waals surface area contributed by atoms with E-state index in [1.165, 1.54) is 6.33 Å². The molecule has 0 aromatic carbocycles. The Morgan fingerprint density at radius 3 is 2.60 bits per heavy atom. The summed E-state index contributed by atoms with van der Waals surface area (Å²) < 4.78 is 46.4. The Balaban J connectivity index is 1.65. The highest BCUT2D eigenvalue weighted by atomic mass is 19.4. The van der Waals surface area contributed by atoms with Crippen molar-refractivity contribution in [2.75, 3.05) is 36.4 Å². The van der Waals surface area contributed by atoms with Gasteiger partial charge in [-0.15, -0.1) is 0 Å². The van der Waals surface area contributed by atoms with Crippen LogP contribution in [-0.4, -0.2) is 47.2 Å². The fraction of sp³-hybridized carbons (Fsp3) is 0.474. The van der Waals surface area contributed by atoms with Gasteiger partial charge in [0.05, 0.1) is 16.8 Å². The Bertz CT molecular complexity index is 989. The van der Waals surface area contributed by atoms with Gasteiger partial charge in [0.25, 0.3) is 0 Å². The topological polar surface area (TPSA) is 92.3 Å². The van der Waals surface area contributed by atoms with Crippen molar-refractivity contribution in [3.8, 4) is 11.4 Å². The van der Waals surface area contributed by atoms with E-state index in [0.717, 1.165) is 25.0 Å². The Morgan fingerprint density at radius 2 is 1.90 bits per heavy atom. The molecule has 2 aromatic heterocycles. The number of ether oxygens (including phenoxy) is 1. The van der Waals surface area contributed by atoms with Crippen LogP contribution in [0.4, 0.5) is 29.6 Å². The minimum atomic E-state index is -4.53. The standard InChI is InChI=1S/C19H19F3N6O2/c20-19(21,22)11-7-12(26-13(8-11)28-5-3-23-4-6-28)15-14-16(10-1-2-10)30-18(29)27-17(14)25-9-24-15/h7-10,16,23H,1-6H2,(H,24,25,27,29)/t16-/m0/s1. The zero-order valence-electron chi connectivity index (χ0n) is 15.9. The van der Waals surface area contributed by atoms with Crippen molar-refractivity contribution >= 4 is 17.7 Å². The van der Waals surface area contributed by atoms with Gasteiger partial charge in [0, 0.05) is 32.1 Å². The highest BCUT2D eigenvalue weighted by Gasteiger charge is 2.42. The van der Waals surface area contributed by atoms with Gasteiger partial charge < -0.3 is 15.0 Å². The predicted molar refractivity (Wildman–Crippen MR) is 101 cm³/mol. The van der Waals surface area contributed by atoms with Crippen molar-refractivity contribution in [2.24, 2.45) is 5.92 Å². The van der Waals surface area contributed by atoms with Crippen molar-refractivity contribution in [3.63, 3.8) is 0 Å². The first kappa shape index (κ1) is 19.0. The molecule has 1 aliphatic carbocycles. The summed E-state index contributed by atoms with van der Waals surface area (Å²) in [4.78, 5) is 26.6. The molecule has 2 fully saturated rings. The van der Waals surface area contributed by atoms with Crippen molar-refractivity contribution in [2.45, 2.75) is 25.1 Å². The van der Waals surface area contributed by atoms with E-state index in [1.54, 1.807) is 0 Å². The van der Waals surface area contributed by atoms with Gasteiger partial charge in [-0.2, -0.15) is 13.2 Å². The normalized spacial score (nSPS) is 21.6. The second-order valence-electron chi connectivity index (χ2n) is 7.61. The molecular weight excluding hydrogens is 401 g/mol. The van der Waals surface area contributed by atoms with Crippen molar-refractivity contribution < 1.29 is 22.7 Å². The van der Waals surface area contributed by atoms with Gasteiger partial charge in [-0.25, -0.2) is 19.7 Å². The van der Waals surface area contributed by atoms with E-state index in [-0.39, 0.29) is 28.9 Å². The van der Waals surface area contributed by atoms with Crippen LogP contribution in [-0.2, 0) is 10.9 Å². The maximum absolute atomic E-state index is 13.7. The molecule has 1 amide bonds. The number of fused-ring (bicyclic) bond motifs is 1. The number of hydrogen-bond acceptors (Lipinski definition) is 7. The maximum Gasteiger partial charge on any atom is 0.416 e. The molecule has 2 N–H and O–H groups in total. The molecule has 5 rings (SSSR count). The van der Waals surface area contributed by atoms with Gasteiger partial charge in [-0.3, -0.25) is 5.32 Å². The number of amides is 1. The summed E-state index contributed by atoms with van der Waals surface area (Å²) in [6, 6.07) is 2.06. The van der Waals surface area contributed by atoms with E-state index in [2.05, 4.69) is 25.6 Å². The van der Waals surface area contributed by atoms with Crippen LogP contribution in [0.3, 0.4) is 0 Å². The van der Waals surface area contributed by atoms with E-state index >= 15 is 0 Å². The molecule has 30 heavy (non-hydrogen) atoms. The van der Waals surface area contributed by atoms with E-state index in [4.69, 9.17) is 4.74 Å². The lowest BCUT2D eigenvalue weighted by Gasteiger charge is -2.30. The number of halogens is 3. The van der Waals surface area contributed by atoms with Crippen LogP contribution >= 0.6 is 0 Å². The van der Waals surface area contributed by atoms with Gasteiger partial charge >= 0.3 is 12.3 Å². The predicted octanol–water partition coefficient (Wildman–Crippen LogP) is 2.98. The molecule has 0 spiro atoms. The van der Waals surface area contributed by atoms with Gasteiger partial charge in [-0.1, -0.05) is 0 Å². The Labute approximate surface area is 169 Å². The van der Waals surface area contributed by atoms with Crippen LogP contribution in [0.1, 0.15) is 30.1 Å². The number of carbonyl (C=O) groups excluding carboxylic acids is 1. The number of aromatic nitrogens is 3. The zero-order valence-corrected chi connectivity index (χ0v) is 15.9. The number of carbonyl (C=O) groups is 1. The summed E-state index contributed by atoms with van der Waals surface area (Å²) in [5.74, 6) is 0.617. The van der Waals surface area contributed by atoms with Gasteiger partial charge in [0.1, 0.15) is 29.8 Å². The molecule has 158 valence electrons. The summed E-state index contributed by atoms with van der Waals surface area (Å²) in [7, 11) is 0. The van der Waals surface area contributed by atoms with E-state index in [9.17, 15) is 18.0 Å². The summed E-state index contributed by atoms with van der Waals surface area (Å²) in [5, 5.41) is 5.70. The summed E-state index contributed by atoms with van der Waals surface area (Å²) in [6.07, 6.45) is -2.79. The average Bonchev–Trinajstić information content (AvgIpc) is 3.57. The number of nitrogens with zero attached hydrogens (tertiary/aromatic N) is 4. The summed E-state index contributed by atoms with van der Waals surface area (Å²) in [6.45, 7) is 2.44. The fourth-order valence-electron chi connectivity index (χ4n) is 3.86. The lowest BCUT2D eigenvalue weighted by atomic mass is 9.99. The minimum absolute atomic E-state index is 0.0856. The number of pyridine rings is 1. The molecule has 3 aliphatic rings. The van der Waals surface area contributed by atoms with E-state index < -0.39 is 23.9 Å². The quantitative estimate of drug-likeness (QED) is 0.789. The number of cyclic esters (lactones) is 1. The number of nitrogens with one attached hydrogen (secondary N) is 2. The number of rotatable bonds is 3. The lowest BCUT2D eigenvalue weighted by molar-refractivity contribution is -0.137. The van der Waals surface area contributed by atoms with Crippen LogP contribution in [0, 0.1) is 5.92 Å². The zero-order chi connectivity index (χ0) is 20.9. The number of piperazine rings is 1. The molecule has 2 aromatic rings. The van der Waals surface area contributed by atoms with Crippen LogP contribution < -0.4 is 15.5 Å². The number of hydrogen-bond donors (Lipinski definition) is 2. The molecule has 4 heterocycles. The van der Waals surface area contributed by atoms with Gasteiger partial charge in [0.2, 0.25) is 0 Å². The molecule has 1 atom stereocenters. The summed E-state index contributed by atoms with van der Waals surface area (Å²) >= 11 is 0. The van der Waals surface area contributed by atoms with Crippen LogP contribution in [0.15, 0.2) is 18.5 Å². The minimum Gasteiger partial charge on any atom is -0.441 e. The summed E-state index contributed by atoms with van der Waals surface area (Å²) in [5.41, 5.74) is 0.0246. The van der Waals surface area contributed by atoms with Crippen LogP contribution in [0.5, 0.6) is 0 Å². The number of alkyl halides is 3. The molecule has 11 heteroatoms. The monoisotopic (exact) mass is 420 g/mol. The smallest absolute Gasteiger partial charge is 0.416 e. The van der Waals surface area contributed by atoms with E-state index in [1.807, 2.05) is 4.90 Å². The highest BCUT2D eigenvalue weighted by molar-refractivity contribution is 5.88. The van der Waals surface area contributed by atoms with Crippen molar-refractivity contribution in [1.82, 2.24) is 20.3 Å². The third-order valence-electron chi connectivity index (χ3n) is 5.50. The second kappa shape index (κ2) is 7.08. The molecule has 8 nitrogen and oxygen atoms in total. The van der Waals surface area contributed by atoms with Gasteiger partial charge in [0.15, 0.2) is 0 Å². The first-order valence-electron chi connectivity index (χ1n) is 9.78. The second-order valence-corrected chi connectivity index (χ2v) is 7.61. The number of anilines is 2. The van der Waals surface area contributed by atoms with Crippen molar-refractivity contribution in [1.29, 1.82) is 0 Å². The third-order valence-corrected chi connectivity index (χ3v) is 5.50. The fourth-order valence-corrected chi connectivity index (χ4v) is 3.86. The molecule has 0 bridgehead atoms. The molecule has 0 radical (unpaired) electrons. The molecule has 1 saturated heterocycles. The maximum atomic E-state index is 13.7. The Kier molecular flexibility index (Phi) is 4.49.